The minimum absolute atomic E-state index is 0. The molecule has 14 heavy (non-hydrogen) atoms. The van der Waals surface area contributed by atoms with Gasteiger partial charge in [-0.15, -0.1) is 12.4 Å². The number of carbonyl (C=O) groups excluding carboxylic acids is 2. The van der Waals surface area contributed by atoms with Crippen LogP contribution in [0.15, 0.2) is 0 Å². The number of nitrogens with one attached hydrogen (secondary N) is 1. The Labute approximate surface area is 89.8 Å². The summed E-state index contributed by atoms with van der Waals surface area (Å²) in [5.41, 5.74) is 0. The zero-order chi connectivity index (χ0) is 9.68. The maximum Gasteiger partial charge on any atom is 0.316 e. The Hall–Kier alpha value is -0.610. The van der Waals surface area contributed by atoms with Crippen molar-refractivity contribution < 1.29 is 14.3 Å². The van der Waals surface area contributed by atoms with E-state index in [4.69, 9.17) is 4.74 Å². The zero-order valence-corrected chi connectivity index (χ0v) is 9.06. The lowest BCUT2D eigenvalue weighted by atomic mass is 10.00. The lowest BCUT2D eigenvalue weighted by molar-refractivity contribution is -0.151. The molecule has 0 aliphatic carbocycles. The number of halogens is 1. The van der Waals surface area contributed by atoms with E-state index in [1.165, 1.54) is 0 Å². The molecule has 4 nitrogen and oxygen atoms in total. The van der Waals surface area contributed by atoms with E-state index in [0.717, 1.165) is 6.54 Å². The number of esters is 1. The Morgan fingerprint density at radius 3 is 2.93 bits per heavy atom. The molecular weight excluding hydrogens is 206 g/mol. The summed E-state index contributed by atoms with van der Waals surface area (Å²) in [6, 6.07) is 0. The predicted molar refractivity (Wildman–Crippen MR) is 54.5 cm³/mol. The summed E-state index contributed by atoms with van der Waals surface area (Å²) < 4.78 is 4.82. The molecule has 82 valence electrons. The molecule has 0 bridgehead atoms. The zero-order valence-electron chi connectivity index (χ0n) is 8.25. The highest BCUT2D eigenvalue weighted by atomic mass is 35.5. The molecule has 0 aromatic carbocycles. The van der Waals surface area contributed by atoms with E-state index in [-0.39, 0.29) is 24.2 Å². The first-order valence-corrected chi connectivity index (χ1v) is 4.65. The highest BCUT2D eigenvalue weighted by Gasteiger charge is 2.28. The van der Waals surface area contributed by atoms with Crippen molar-refractivity contribution in [1.82, 2.24) is 5.32 Å². The molecule has 0 aromatic rings. The largest absolute Gasteiger partial charge is 0.465 e. The summed E-state index contributed by atoms with van der Waals surface area (Å²) in [6.45, 7) is 3.48. The number of rotatable bonds is 2. The molecule has 0 aromatic heterocycles. The van der Waals surface area contributed by atoms with E-state index < -0.39 is 5.92 Å². The molecule has 1 fully saturated rings. The van der Waals surface area contributed by atoms with Gasteiger partial charge in [-0.1, -0.05) is 0 Å². The summed E-state index contributed by atoms with van der Waals surface area (Å²) >= 11 is 0. The van der Waals surface area contributed by atoms with Crippen molar-refractivity contribution in [3.8, 4) is 0 Å². The normalized spacial score (nSPS) is 22.1. The summed E-state index contributed by atoms with van der Waals surface area (Å²) in [5.74, 6) is -0.894. The molecule has 1 atom stereocenters. The Bertz CT molecular complexity index is 208. The highest BCUT2D eigenvalue weighted by Crippen LogP contribution is 2.11. The van der Waals surface area contributed by atoms with E-state index in [9.17, 15) is 9.59 Å². The average Bonchev–Trinajstić information content (AvgIpc) is 2.30. The Balaban J connectivity index is 0.00000169. The fourth-order valence-corrected chi connectivity index (χ4v) is 1.41. The van der Waals surface area contributed by atoms with Crippen LogP contribution < -0.4 is 5.32 Å². The van der Waals surface area contributed by atoms with Crippen LogP contribution in [0.25, 0.3) is 0 Å². The molecule has 1 unspecified atom stereocenters. The van der Waals surface area contributed by atoms with Crippen LogP contribution in [-0.2, 0) is 14.3 Å². The average molecular weight is 222 g/mol. The van der Waals surface area contributed by atoms with Crippen LogP contribution in [0.3, 0.4) is 0 Å². The van der Waals surface area contributed by atoms with Crippen molar-refractivity contribution in [3.63, 3.8) is 0 Å². The maximum absolute atomic E-state index is 11.4. The topological polar surface area (TPSA) is 55.4 Å². The van der Waals surface area contributed by atoms with Crippen molar-refractivity contribution in [2.24, 2.45) is 5.92 Å². The van der Waals surface area contributed by atoms with Gasteiger partial charge in [0.25, 0.3) is 0 Å². The lowest BCUT2D eigenvalue weighted by Crippen LogP contribution is -2.25. The van der Waals surface area contributed by atoms with Crippen LogP contribution in [-0.4, -0.2) is 31.4 Å². The monoisotopic (exact) mass is 221 g/mol. The minimum atomic E-state index is -0.532. The van der Waals surface area contributed by atoms with Gasteiger partial charge in [-0.2, -0.15) is 0 Å². The highest BCUT2D eigenvalue weighted by molar-refractivity contribution is 5.99. The van der Waals surface area contributed by atoms with Crippen LogP contribution in [0.4, 0.5) is 0 Å². The van der Waals surface area contributed by atoms with Crippen molar-refractivity contribution in [2.45, 2.75) is 19.8 Å². The third-order valence-corrected chi connectivity index (χ3v) is 2.12. The first-order chi connectivity index (χ1) is 6.25. The molecule has 0 radical (unpaired) electrons. The Morgan fingerprint density at radius 2 is 2.29 bits per heavy atom. The van der Waals surface area contributed by atoms with Gasteiger partial charge in [0.1, 0.15) is 11.7 Å². The van der Waals surface area contributed by atoms with Gasteiger partial charge >= 0.3 is 5.97 Å². The van der Waals surface area contributed by atoms with Gasteiger partial charge in [0.15, 0.2) is 0 Å². The number of hydrogen-bond donors (Lipinski definition) is 1. The maximum atomic E-state index is 11.4. The van der Waals surface area contributed by atoms with Gasteiger partial charge in [-0.05, 0) is 19.9 Å². The quantitative estimate of drug-likeness (QED) is 0.546. The molecule has 0 spiro atoms. The van der Waals surface area contributed by atoms with Crippen molar-refractivity contribution >= 4 is 24.2 Å². The fourth-order valence-electron chi connectivity index (χ4n) is 1.41. The van der Waals surface area contributed by atoms with Gasteiger partial charge in [0, 0.05) is 13.0 Å². The first-order valence-electron chi connectivity index (χ1n) is 4.65. The van der Waals surface area contributed by atoms with E-state index >= 15 is 0 Å². The van der Waals surface area contributed by atoms with Gasteiger partial charge in [0.05, 0.1) is 6.61 Å². The molecule has 1 saturated heterocycles. The van der Waals surface area contributed by atoms with Crippen LogP contribution in [0.5, 0.6) is 0 Å². The summed E-state index contributed by atoms with van der Waals surface area (Å²) in [5, 5.41) is 3.08. The van der Waals surface area contributed by atoms with Crippen molar-refractivity contribution in [3.05, 3.63) is 0 Å². The molecule has 1 heterocycles. The summed E-state index contributed by atoms with van der Waals surface area (Å²) in [4.78, 5) is 22.7. The molecule has 1 N–H and O–H groups in total. The standard InChI is InChI=1S/C9H15NO3.ClH/c1-2-13-9(12)7-3-5-10-6-4-8(7)11;/h7,10H,2-6H2,1H3;1H. The van der Waals surface area contributed by atoms with E-state index in [1.54, 1.807) is 6.92 Å². The van der Waals surface area contributed by atoms with Crippen molar-refractivity contribution in [2.75, 3.05) is 19.7 Å². The third-order valence-electron chi connectivity index (χ3n) is 2.12. The molecule has 0 saturated carbocycles. The number of ketones is 1. The Morgan fingerprint density at radius 1 is 1.57 bits per heavy atom. The van der Waals surface area contributed by atoms with Crippen molar-refractivity contribution in [1.29, 1.82) is 0 Å². The van der Waals surface area contributed by atoms with Crippen LogP contribution in [0.2, 0.25) is 0 Å². The van der Waals surface area contributed by atoms with Crippen LogP contribution in [0, 0.1) is 5.92 Å². The summed E-state index contributed by atoms with van der Waals surface area (Å²) in [7, 11) is 0. The molecule has 1 aliphatic rings. The van der Waals surface area contributed by atoms with E-state index in [1.807, 2.05) is 0 Å². The predicted octanol–water partition coefficient (Wildman–Crippen LogP) is 0.540. The SMILES string of the molecule is CCOC(=O)C1CCNCCC1=O.Cl. The van der Waals surface area contributed by atoms with Crippen LogP contribution >= 0.6 is 12.4 Å². The number of carbonyl (C=O) groups is 2. The van der Waals surface area contributed by atoms with Gasteiger partial charge in [-0.3, -0.25) is 9.59 Å². The van der Waals surface area contributed by atoms with Gasteiger partial charge in [0.2, 0.25) is 0 Å². The molecule has 5 heteroatoms. The van der Waals surface area contributed by atoms with Crippen LogP contribution in [0.1, 0.15) is 19.8 Å². The number of hydrogen-bond acceptors (Lipinski definition) is 4. The molecule has 1 rings (SSSR count). The molecular formula is C9H16ClNO3. The first kappa shape index (κ1) is 13.4. The number of Topliss-reactive ketones (excluding diaryl/α,β-unsaturated/α-hetero) is 1. The molecule has 0 amide bonds. The lowest BCUT2D eigenvalue weighted by Gasteiger charge is -2.10. The van der Waals surface area contributed by atoms with Gasteiger partial charge in [-0.25, -0.2) is 0 Å². The minimum Gasteiger partial charge on any atom is -0.465 e. The smallest absolute Gasteiger partial charge is 0.316 e. The van der Waals surface area contributed by atoms with E-state index in [0.29, 0.717) is 26.0 Å². The van der Waals surface area contributed by atoms with Gasteiger partial charge < -0.3 is 10.1 Å². The fraction of sp³-hybridized carbons (Fsp3) is 0.778. The Kier molecular flexibility index (Phi) is 6.49. The second-order valence-electron chi connectivity index (χ2n) is 3.06. The van der Waals surface area contributed by atoms with E-state index in [2.05, 4.69) is 5.32 Å². The molecule has 1 aliphatic heterocycles. The third kappa shape index (κ3) is 3.64. The second-order valence-corrected chi connectivity index (χ2v) is 3.06. The summed E-state index contributed by atoms with van der Waals surface area (Å²) in [6.07, 6.45) is 1.00. The number of ether oxygens (including phenoxy) is 1. The second kappa shape index (κ2) is 6.79.